The Labute approximate surface area is 71.9 Å². The van der Waals surface area contributed by atoms with E-state index < -0.39 is 0 Å². The van der Waals surface area contributed by atoms with Crippen LogP contribution in [0.15, 0.2) is 11.6 Å². The van der Waals surface area contributed by atoms with Gasteiger partial charge in [0.2, 0.25) is 0 Å². The molecule has 0 radical (unpaired) electrons. The molecule has 0 aromatic heterocycles. The van der Waals surface area contributed by atoms with Crippen LogP contribution in [0.2, 0.25) is 0 Å². The molecule has 1 fully saturated rings. The van der Waals surface area contributed by atoms with Crippen LogP contribution in [0.5, 0.6) is 0 Å². The van der Waals surface area contributed by atoms with Crippen molar-refractivity contribution in [2.45, 2.75) is 25.7 Å². The molecule has 0 aromatic rings. The smallest absolute Gasteiger partial charge is 0.155 e. The minimum Gasteiger partial charge on any atom is -0.295 e. The molecule has 2 heteroatoms. The Morgan fingerprint density at radius 3 is 2.92 bits per heavy atom. The summed E-state index contributed by atoms with van der Waals surface area (Å²) in [5.41, 5.74) is 1.23. The quantitative estimate of drug-likeness (QED) is 0.588. The summed E-state index contributed by atoms with van der Waals surface area (Å²) < 4.78 is 0. The molecule has 0 saturated heterocycles. The zero-order chi connectivity index (χ0) is 8.55. The van der Waals surface area contributed by atoms with Crippen LogP contribution in [0.25, 0.3) is 0 Å². The molecule has 2 nitrogen and oxygen atoms in total. The third-order valence-corrected chi connectivity index (χ3v) is 2.67. The van der Waals surface area contributed by atoms with E-state index in [2.05, 4.69) is 6.07 Å². The van der Waals surface area contributed by atoms with E-state index in [9.17, 15) is 4.79 Å². The second-order valence-corrected chi connectivity index (χ2v) is 3.62. The second-order valence-electron chi connectivity index (χ2n) is 3.62. The van der Waals surface area contributed by atoms with Gasteiger partial charge in [-0.3, -0.25) is 4.79 Å². The van der Waals surface area contributed by atoms with Crippen LogP contribution in [-0.4, -0.2) is 5.78 Å². The molecule has 2 aliphatic carbocycles. The molecule has 0 unspecified atom stereocenters. The Balaban J connectivity index is 2.06. The van der Waals surface area contributed by atoms with Crippen molar-refractivity contribution in [3.63, 3.8) is 0 Å². The maximum absolute atomic E-state index is 11.0. The highest BCUT2D eigenvalue weighted by molar-refractivity contribution is 5.91. The van der Waals surface area contributed by atoms with Crippen molar-refractivity contribution in [1.82, 2.24) is 0 Å². The van der Waals surface area contributed by atoms with Crippen LogP contribution in [0.1, 0.15) is 25.7 Å². The van der Waals surface area contributed by atoms with E-state index in [0.717, 1.165) is 19.3 Å². The lowest BCUT2D eigenvalue weighted by Gasteiger charge is -2.10. The first-order valence-corrected chi connectivity index (χ1v) is 4.44. The lowest BCUT2D eigenvalue weighted by Crippen LogP contribution is -2.04. The predicted molar refractivity (Wildman–Crippen MR) is 44.2 cm³/mol. The van der Waals surface area contributed by atoms with Gasteiger partial charge in [-0.15, -0.1) is 0 Å². The van der Waals surface area contributed by atoms with Gasteiger partial charge in [-0.2, -0.15) is 5.26 Å². The van der Waals surface area contributed by atoms with Gasteiger partial charge in [0.05, 0.1) is 12.0 Å². The normalized spacial score (nSPS) is 33.9. The van der Waals surface area contributed by atoms with Gasteiger partial charge in [0.25, 0.3) is 0 Å². The zero-order valence-electron chi connectivity index (χ0n) is 6.92. The van der Waals surface area contributed by atoms with E-state index in [1.165, 1.54) is 5.57 Å². The Bertz CT molecular complexity index is 285. The highest BCUT2D eigenvalue weighted by atomic mass is 16.1. The maximum Gasteiger partial charge on any atom is 0.155 e. The van der Waals surface area contributed by atoms with Crippen LogP contribution in [0.3, 0.4) is 0 Å². The largest absolute Gasteiger partial charge is 0.295 e. The summed E-state index contributed by atoms with van der Waals surface area (Å²) in [7, 11) is 0. The number of rotatable bonds is 1. The zero-order valence-corrected chi connectivity index (χ0v) is 6.92. The fourth-order valence-electron chi connectivity index (χ4n) is 1.86. The number of nitriles is 1. The minimum absolute atomic E-state index is 0.210. The van der Waals surface area contributed by atoms with Gasteiger partial charge in [-0.1, -0.05) is 5.57 Å². The summed E-state index contributed by atoms with van der Waals surface area (Å²) in [4.78, 5) is 11.0. The summed E-state index contributed by atoms with van der Waals surface area (Å²) in [5, 5.41) is 8.61. The van der Waals surface area contributed by atoms with Crippen LogP contribution < -0.4 is 0 Å². The minimum atomic E-state index is 0.210. The van der Waals surface area contributed by atoms with E-state index in [-0.39, 0.29) is 11.7 Å². The number of nitrogens with zero attached hydrogens (tertiary/aromatic N) is 1. The van der Waals surface area contributed by atoms with Crippen molar-refractivity contribution in [2.75, 3.05) is 0 Å². The Morgan fingerprint density at radius 1 is 1.50 bits per heavy atom. The fraction of sp³-hybridized carbons (Fsp3) is 0.600. The van der Waals surface area contributed by atoms with Gasteiger partial charge >= 0.3 is 0 Å². The molecular formula is C10H11NO. The summed E-state index contributed by atoms with van der Waals surface area (Å²) in [6.45, 7) is 0. The highest BCUT2D eigenvalue weighted by Gasteiger charge is 2.40. The van der Waals surface area contributed by atoms with E-state index in [0.29, 0.717) is 12.3 Å². The number of carbonyl (C=O) groups excluding carboxylic acids is 1. The van der Waals surface area contributed by atoms with Gasteiger partial charge < -0.3 is 0 Å². The predicted octanol–water partition coefficient (Wildman–Crippen LogP) is 1.83. The van der Waals surface area contributed by atoms with Gasteiger partial charge in [-0.05, 0) is 31.3 Å². The van der Waals surface area contributed by atoms with Crippen LogP contribution in [0, 0.1) is 23.2 Å². The van der Waals surface area contributed by atoms with Crippen LogP contribution in [-0.2, 0) is 4.79 Å². The van der Waals surface area contributed by atoms with Gasteiger partial charge in [-0.25, -0.2) is 0 Å². The van der Waals surface area contributed by atoms with E-state index in [4.69, 9.17) is 5.26 Å². The monoisotopic (exact) mass is 161 g/mol. The summed E-state index contributed by atoms with van der Waals surface area (Å²) in [6.07, 6.45) is 5.47. The summed E-state index contributed by atoms with van der Waals surface area (Å²) in [6, 6.07) is 2.25. The standard InChI is InChI=1S/C10H11NO/c11-6-8-5-10(8)7-2-1-3-9(12)4-7/h4,8,10H,1-3,5H2/t8-,10-/m1/s1. The molecule has 0 spiro atoms. The van der Waals surface area contributed by atoms with E-state index >= 15 is 0 Å². The van der Waals surface area contributed by atoms with E-state index in [1.807, 2.05) is 0 Å². The van der Waals surface area contributed by atoms with Crippen molar-refractivity contribution in [1.29, 1.82) is 5.26 Å². The molecule has 0 aromatic carbocycles. The molecule has 2 rings (SSSR count). The van der Waals surface area contributed by atoms with Crippen molar-refractivity contribution < 1.29 is 4.79 Å². The molecule has 0 bridgehead atoms. The SMILES string of the molecule is N#C[C@H]1C[C@@H]1C1=CC(=O)CCC1. The number of allylic oxidation sites excluding steroid dienone is 2. The molecule has 62 valence electrons. The van der Waals surface area contributed by atoms with Gasteiger partial charge in [0.1, 0.15) is 0 Å². The first-order chi connectivity index (χ1) is 5.81. The number of carbonyl (C=O) groups is 1. The molecule has 12 heavy (non-hydrogen) atoms. The summed E-state index contributed by atoms with van der Waals surface area (Å²) >= 11 is 0. The average Bonchev–Trinajstić information content (AvgIpc) is 2.83. The van der Waals surface area contributed by atoms with E-state index in [1.54, 1.807) is 6.08 Å². The lowest BCUT2D eigenvalue weighted by molar-refractivity contribution is -0.115. The third kappa shape index (κ3) is 1.27. The fourth-order valence-corrected chi connectivity index (χ4v) is 1.86. The number of hydrogen-bond acceptors (Lipinski definition) is 2. The van der Waals surface area contributed by atoms with Crippen molar-refractivity contribution in [2.24, 2.45) is 11.8 Å². The van der Waals surface area contributed by atoms with Gasteiger partial charge in [0, 0.05) is 6.42 Å². The maximum atomic E-state index is 11.0. The van der Waals surface area contributed by atoms with Gasteiger partial charge in [0.15, 0.2) is 5.78 Å². The van der Waals surface area contributed by atoms with Crippen molar-refractivity contribution in [3.05, 3.63) is 11.6 Å². The number of hydrogen-bond donors (Lipinski definition) is 0. The van der Waals surface area contributed by atoms with Crippen molar-refractivity contribution in [3.8, 4) is 6.07 Å². The third-order valence-electron chi connectivity index (χ3n) is 2.67. The highest BCUT2D eigenvalue weighted by Crippen LogP contribution is 2.46. The molecule has 0 heterocycles. The van der Waals surface area contributed by atoms with Crippen molar-refractivity contribution >= 4 is 5.78 Å². The van der Waals surface area contributed by atoms with Crippen LogP contribution >= 0.6 is 0 Å². The molecule has 0 amide bonds. The molecule has 0 aliphatic heterocycles. The first kappa shape index (κ1) is 7.54. The molecule has 0 N–H and O–H groups in total. The first-order valence-electron chi connectivity index (χ1n) is 4.44. The Morgan fingerprint density at radius 2 is 2.33 bits per heavy atom. The molecule has 1 saturated carbocycles. The number of ketones is 1. The lowest BCUT2D eigenvalue weighted by atomic mass is 9.94. The Kier molecular flexibility index (Phi) is 1.73. The average molecular weight is 161 g/mol. The molecule has 2 aliphatic rings. The molecular weight excluding hydrogens is 150 g/mol. The second kappa shape index (κ2) is 2.75. The van der Waals surface area contributed by atoms with Crippen LogP contribution in [0.4, 0.5) is 0 Å². The Hall–Kier alpha value is -1.10. The topological polar surface area (TPSA) is 40.9 Å². The molecule has 2 atom stereocenters. The summed E-state index contributed by atoms with van der Waals surface area (Å²) in [5.74, 6) is 0.890.